The molecule has 1 aromatic heterocycles. The zero-order valence-electron chi connectivity index (χ0n) is 12.6. The van der Waals surface area contributed by atoms with E-state index in [1.54, 1.807) is 11.3 Å². The van der Waals surface area contributed by atoms with Gasteiger partial charge < -0.3 is 5.32 Å². The van der Waals surface area contributed by atoms with Gasteiger partial charge in [-0.25, -0.2) is 4.98 Å². The summed E-state index contributed by atoms with van der Waals surface area (Å²) in [7, 11) is 0. The maximum absolute atomic E-state index is 4.70. The Morgan fingerprint density at radius 3 is 2.46 bits per heavy atom. The van der Waals surface area contributed by atoms with Gasteiger partial charge in [-0.05, 0) is 23.6 Å². The second-order valence-electron chi connectivity index (χ2n) is 5.20. The molecule has 0 radical (unpaired) electrons. The number of thiazole rings is 1. The average molecular weight is 462 g/mol. The molecule has 0 aliphatic heterocycles. The second kappa shape index (κ2) is 7.47. The molecule has 0 spiro atoms. The van der Waals surface area contributed by atoms with Gasteiger partial charge in [-0.15, -0.1) is 28.3 Å². The lowest BCUT2D eigenvalue weighted by Gasteiger charge is -2.07. The highest BCUT2D eigenvalue weighted by Crippen LogP contribution is 2.30. The SMILES string of the molecule is Br.Brc1ccc(-c2csc(Nc3cccc4ccccc34)n2)cc1. The molecule has 0 unspecified atom stereocenters. The number of hydrogen-bond acceptors (Lipinski definition) is 3. The molecule has 5 heteroatoms. The Bertz CT molecular complexity index is 959. The minimum Gasteiger partial charge on any atom is -0.331 e. The summed E-state index contributed by atoms with van der Waals surface area (Å²) in [4.78, 5) is 4.70. The molecule has 4 aromatic rings. The maximum Gasteiger partial charge on any atom is 0.187 e. The summed E-state index contributed by atoms with van der Waals surface area (Å²) < 4.78 is 1.07. The minimum atomic E-state index is 0. The molecule has 0 fully saturated rings. The zero-order valence-corrected chi connectivity index (χ0v) is 16.7. The van der Waals surface area contributed by atoms with Crippen LogP contribution < -0.4 is 5.32 Å². The first kappa shape index (κ1) is 17.1. The van der Waals surface area contributed by atoms with Crippen molar-refractivity contribution in [2.24, 2.45) is 0 Å². The molecule has 2 nitrogen and oxygen atoms in total. The van der Waals surface area contributed by atoms with E-state index in [9.17, 15) is 0 Å². The number of nitrogens with zero attached hydrogens (tertiary/aromatic N) is 1. The monoisotopic (exact) mass is 460 g/mol. The van der Waals surface area contributed by atoms with Crippen molar-refractivity contribution in [1.29, 1.82) is 0 Å². The Kier molecular flexibility index (Phi) is 5.33. The number of fused-ring (bicyclic) bond motifs is 1. The fourth-order valence-electron chi connectivity index (χ4n) is 2.53. The van der Waals surface area contributed by atoms with E-state index in [4.69, 9.17) is 4.98 Å². The molecule has 120 valence electrons. The van der Waals surface area contributed by atoms with Crippen LogP contribution in [0, 0.1) is 0 Å². The van der Waals surface area contributed by atoms with Gasteiger partial charge in [0.15, 0.2) is 5.13 Å². The highest BCUT2D eigenvalue weighted by molar-refractivity contribution is 9.10. The number of hydrogen-bond donors (Lipinski definition) is 1. The lowest BCUT2D eigenvalue weighted by molar-refractivity contribution is 1.39. The van der Waals surface area contributed by atoms with Crippen LogP contribution in [0.5, 0.6) is 0 Å². The van der Waals surface area contributed by atoms with E-state index in [0.717, 1.165) is 26.5 Å². The summed E-state index contributed by atoms with van der Waals surface area (Å²) in [5.74, 6) is 0. The Hall–Kier alpha value is -1.69. The van der Waals surface area contributed by atoms with Crippen molar-refractivity contribution in [3.8, 4) is 11.3 Å². The van der Waals surface area contributed by atoms with Gasteiger partial charge in [-0.2, -0.15) is 0 Å². The van der Waals surface area contributed by atoms with Crippen LogP contribution in [0.3, 0.4) is 0 Å². The maximum atomic E-state index is 4.70. The standard InChI is InChI=1S/C19H13BrN2S.BrH/c20-15-10-8-14(9-11-15)18-12-23-19(22-18)21-17-7-3-5-13-4-1-2-6-16(13)17;/h1-12H,(H,21,22);1H. The number of halogens is 2. The van der Waals surface area contributed by atoms with Crippen molar-refractivity contribution >= 4 is 65.8 Å². The molecule has 0 bridgehead atoms. The first-order chi connectivity index (χ1) is 11.3. The number of benzene rings is 3. The molecule has 0 atom stereocenters. The third kappa shape index (κ3) is 3.53. The van der Waals surface area contributed by atoms with Crippen LogP contribution in [0.25, 0.3) is 22.0 Å². The van der Waals surface area contributed by atoms with Crippen LogP contribution in [0.15, 0.2) is 76.6 Å². The van der Waals surface area contributed by atoms with E-state index in [-0.39, 0.29) is 17.0 Å². The zero-order chi connectivity index (χ0) is 15.6. The quantitative estimate of drug-likeness (QED) is 0.353. The van der Waals surface area contributed by atoms with Crippen LogP contribution in [0.2, 0.25) is 0 Å². The number of nitrogens with one attached hydrogen (secondary N) is 1. The van der Waals surface area contributed by atoms with Crippen molar-refractivity contribution in [3.63, 3.8) is 0 Å². The van der Waals surface area contributed by atoms with Crippen molar-refractivity contribution < 1.29 is 0 Å². The topological polar surface area (TPSA) is 24.9 Å². The van der Waals surface area contributed by atoms with Crippen molar-refractivity contribution in [2.75, 3.05) is 5.32 Å². The van der Waals surface area contributed by atoms with E-state index in [2.05, 4.69) is 81.2 Å². The molecule has 1 heterocycles. The second-order valence-corrected chi connectivity index (χ2v) is 6.97. The lowest BCUT2D eigenvalue weighted by atomic mass is 10.1. The van der Waals surface area contributed by atoms with Gasteiger partial charge in [0, 0.05) is 26.5 Å². The average Bonchev–Trinajstić information content (AvgIpc) is 3.04. The largest absolute Gasteiger partial charge is 0.331 e. The Morgan fingerprint density at radius 1 is 0.875 bits per heavy atom. The summed E-state index contributed by atoms with van der Waals surface area (Å²) in [6, 6.07) is 22.8. The van der Waals surface area contributed by atoms with Gasteiger partial charge in [0.05, 0.1) is 5.69 Å². The molecular weight excluding hydrogens is 448 g/mol. The molecule has 3 aromatic carbocycles. The normalized spacial score (nSPS) is 10.4. The minimum absolute atomic E-state index is 0. The summed E-state index contributed by atoms with van der Waals surface area (Å²) in [5, 5.41) is 8.86. The van der Waals surface area contributed by atoms with E-state index in [1.807, 2.05) is 12.1 Å². The molecule has 0 aliphatic carbocycles. The predicted octanol–water partition coefficient (Wildman–Crippen LogP) is 7.05. The fourth-order valence-corrected chi connectivity index (χ4v) is 3.53. The number of rotatable bonds is 3. The smallest absolute Gasteiger partial charge is 0.187 e. The third-order valence-electron chi connectivity index (χ3n) is 3.68. The first-order valence-corrected chi connectivity index (χ1v) is 8.93. The van der Waals surface area contributed by atoms with Crippen LogP contribution in [-0.4, -0.2) is 4.98 Å². The molecule has 24 heavy (non-hydrogen) atoms. The third-order valence-corrected chi connectivity index (χ3v) is 4.96. The van der Waals surface area contributed by atoms with Crippen LogP contribution in [-0.2, 0) is 0 Å². The van der Waals surface area contributed by atoms with E-state index < -0.39 is 0 Å². The van der Waals surface area contributed by atoms with Gasteiger partial charge in [-0.1, -0.05) is 64.5 Å². The van der Waals surface area contributed by atoms with E-state index in [0.29, 0.717) is 0 Å². The molecule has 4 rings (SSSR count). The van der Waals surface area contributed by atoms with Gasteiger partial charge in [0.25, 0.3) is 0 Å². The molecule has 0 saturated heterocycles. The fraction of sp³-hybridized carbons (Fsp3) is 0. The number of aromatic nitrogens is 1. The van der Waals surface area contributed by atoms with Gasteiger partial charge >= 0.3 is 0 Å². The van der Waals surface area contributed by atoms with Gasteiger partial charge in [-0.3, -0.25) is 0 Å². The van der Waals surface area contributed by atoms with Crippen LogP contribution >= 0.6 is 44.2 Å². The summed E-state index contributed by atoms with van der Waals surface area (Å²) >= 11 is 5.08. The van der Waals surface area contributed by atoms with Gasteiger partial charge in [0.2, 0.25) is 0 Å². The Morgan fingerprint density at radius 2 is 1.62 bits per heavy atom. The van der Waals surface area contributed by atoms with E-state index in [1.165, 1.54) is 10.8 Å². The van der Waals surface area contributed by atoms with Crippen molar-refractivity contribution in [1.82, 2.24) is 4.98 Å². The molecule has 0 amide bonds. The van der Waals surface area contributed by atoms with Gasteiger partial charge in [0.1, 0.15) is 0 Å². The van der Waals surface area contributed by atoms with E-state index >= 15 is 0 Å². The highest BCUT2D eigenvalue weighted by Gasteiger charge is 2.06. The highest BCUT2D eigenvalue weighted by atomic mass is 79.9. The van der Waals surface area contributed by atoms with Crippen LogP contribution in [0.1, 0.15) is 0 Å². The number of anilines is 2. The lowest BCUT2D eigenvalue weighted by Crippen LogP contribution is -1.90. The Balaban J connectivity index is 0.00000169. The van der Waals surface area contributed by atoms with Crippen molar-refractivity contribution in [3.05, 3.63) is 76.6 Å². The summed E-state index contributed by atoms with van der Waals surface area (Å²) in [6.07, 6.45) is 0. The molecular formula is C19H14Br2N2S. The molecule has 0 aliphatic rings. The van der Waals surface area contributed by atoms with Crippen molar-refractivity contribution in [2.45, 2.75) is 0 Å². The summed E-state index contributed by atoms with van der Waals surface area (Å²) in [5.41, 5.74) is 3.19. The first-order valence-electron chi connectivity index (χ1n) is 7.26. The Labute approximate surface area is 163 Å². The molecule has 1 N–H and O–H groups in total. The molecule has 0 saturated carbocycles. The van der Waals surface area contributed by atoms with Crippen LogP contribution in [0.4, 0.5) is 10.8 Å². The predicted molar refractivity (Wildman–Crippen MR) is 113 cm³/mol. The summed E-state index contributed by atoms with van der Waals surface area (Å²) in [6.45, 7) is 0.